The van der Waals surface area contributed by atoms with Gasteiger partial charge in [0.05, 0.1) is 18.2 Å². The summed E-state index contributed by atoms with van der Waals surface area (Å²) in [6.45, 7) is 0.464. The second-order valence-corrected chi connectivity index (χ2v) is 5.26. The number of hydrogen-bond donors (Lipinski definition) is 3. The minimum absolute atomic E-state index is 0.173. The van der Waals surface area contributed by atoms with E-state index in [4.69, 9.17) is 4.42 Å². The zero-order chi connectivity index (χ0) is 14.4. The molecule has 1 aliphatic carbocycles. The number of hydrogen-bond acceptors (Lipinski definition) is 3. The molecular weight excluding hydrogens is 260 g/mol. The number of rotatable bonds is 5. The van der Waals surface area contributed by atoms with Crippen molar-refractivity contribution in [3.63, 3.8) is 0 Å². The number of urea groups is 1. The Labute approximate surface area is 117 Å². The molecule has 110 valence electrons. The molecule has 6 heteroatoms. The number of amides is 2. The second-order valence-electron chi connectivity index (χ2n) is 5.26. The highest BCUT2D eigenvalue weighted by Gasteiger charge is 2.39. The summed E-state index contributed by atoms with van der Waals surface area (Å²) in [5.41, 5.74) is -0.805. The van der Waals surface area contributed by atoms with Crippen LogP contribution >= 0.6 is 0 Å². The van der Waals surface area contributed by atoms with Crippen LogP contribution in [0.5, 0.6) is 0 Å². The van der Waals surface area contributed by atoms with Crippen molar-refractivity contribution in [1.82, 2.24) is 10.6 Å². The van der Waals surface area contributed by atoms with Crippen LogP contribution in [-0.4, -0.2) is 23.7 Å². The van der Waals surface area contributed by atoms with E-state index in [1.54, 1.807) is 12.1 Å². The van der Waals surface area contributed by atoms with E-state index < -0.39 is 11.4 Å². The molecule has 3 N–H and O–H groups in total. The molecular formula is C14H20N2O4. The van der Waals surface area contributed by atoms with E-state index in [9.17, 15) is 14.7 Å². The van der Waals surface area contributed by atoms with Crippen LogP contribution in [0.1, 0.15) is 37.9 Å². The first-order chi connectivity index (χ1) is 9.62. The van der Waals surface area contributed by atoms with Crippen LogP contribution in [0.2, 0.25) is 0 Å². The molecule has 2 rings (SSSR count). The van der Waals surface area contributed by atoms with Crippen molar-refractivity contribution < 1.29 is 19.1 Å². The van der Waals surface area contributed by atoms with Crippen LogP contribution < -0.4 is 10.6 Å². The minimum Gasteiger partial charge on any atom is -0.481 e. The van der Waals surface area contributed by atoms with Crippen molar-refractivity contribution in [2.75, 3.05) is 6.54 Å². The monoisotopic (exact) mass is 280 g/mol. The molecule has 0 saturated heterocycles. The predicted molar refractivity (Wildman–Crippen MR) is 72.1 cm³/mol. The van der Waals surface area contributed by atoms with Crippen molar-refractivity contribution >= 4 is 12.0 Å². The summed E-state index contributed by atoms with van der Waals surface area (Å²) >= 11 is 0. The molecule has 1 aromatic heterocycles. The Balaban J connectivity index is 1.80. The average Bonchev–Trinajstić information content (AvgIpc) is 2.97. The first-order valence-corrected chi connectivity index (χ1v) is 6.90. The first-order valence-electron chi connectivity index (χ1n) is 6.90. The molecule has 0 aliphatic heterocycles. The highest BCUT2D eigenvalue weighted by Crippen LogP contribution is 2.35. The number of aliphatic carboxylic acids is 1. The third kappa shape index (κ3) is 3.53. The molecule has 6 nitrogen and oxygen atoms in total. The van der Waals surface area contributed by atoms with Crippen LogP contribution in [0, 0.1) is 5.41 Å². The fourth-order valence-electron chi connectivity index (χ4n) is 2.59. The van der Waals surface area contributed by atoms with Crippen molar-refractivity contribution in [2.24, 2.45) is 5.41 Å². The van der Waals surface area contributed by atoms with Gasteiger partial charge in [-0.25, -0.2) is 4.79 Å². The molecule has 0 aromatic carbocycles. The van der Waals surface area contributed by atoms with Gasteiger partial charge in [0.25, 0.3) is 0 Å². The van der Waals surface area contributed by atoms with Gasteiger partial charge in [-0.15, -0.1) is 0 Å². The topological polar surface area (TPSA) is 91.6 Å². The van der Waals surface area contributed by atoms with Crippen molar-refractivity contribution in [3.05, 3.63) is 24.2 Å². The SMILES string of the molecule is O=C(NCc1ccco1)NCC1(C(=O)O)CCCCC1. The standard InChI is InChI=1S/C14H20N2O4/c17-12(18)14(6-2-1-3-7-14)10-16-13(19)15-9-11-5-4-8-20-11/h4-5,8H,1-3,6-7,9-10H2,(H,17,18)(H2,15,16,19). The maximum absolute atomic E-state index is 11.7. The van der Waals surface area contributed by atoms with Crippen molar-refractivity contribution in [3.8, 4) is 0 Å². The van der Waals surface area contributed by atoms with Gasteiger partial charge in [-0.1, -0.05) is 19.3 Å². The van der Waals surface area contributed by atoms with E-state index >= 15 is 0 Å². The van der Waals surface area contributed by atoms with Gasteiger partial charge in [-0.3, -0.25) is 4.79 Å². The average molecular weight is 280 g/mol. The predicted octanol–water partition coefficient (Wildman–Crippen LogP) is 2.11. The summed E-state index contributed by atoms with van der Waals surface area (Å²) in [5.74, 6) is -0.158. The van der Waals surface area contributed by atoms with Gasteiger partial charge in [0.2, 0.25) is 0 Å². The molecule has 1 aromatic rings. The Kier molecular flexibility index (Phi) is 4.65. The zero-order valence-corrected chi connectivity index (χ0v) is 11.4. The Morgan fingerprint density at radius 1 is 1.25 bits per heavy atom. The molecule has 0 bridgehead atoms. The van der Waals surface area contributed by atoms with Gasteiger partial charge in [-0.05, 0) is 25.0 Å². The number of furan rings is 1. The maximum Gasteiger partial charge on any atom is 0.315 e. The van der Waals surface area contributed by atoms with E-state index in [1.807, 2.05) is 0 Å². The van der Waals surface area contributed by atoms with Crippen LogP contribution in [0.3, 0.4) is 0 Å². The van der Waals surface area contributed by atoms with Crippen molar-refractivity contribution in [2.45, 2.75) is 38.6 Å². The van der Waals surface area contributed by atoms with Gasteiger partial charge in [-0.2, -0.15) is 0 Å². The smallest absolute Gasteiger partial charge is 0.315 e. The second kappa shape index (κ2) is 6.45. The van der Waals surface area contributed by atoms with Crippen LogP contribution in [-0.2, 0) is 11.3 Å². The largest absolute Gasteiger partial charge is 0.481 e. The molecule has 1 heterocycles. The Hall–Kier alpha value is -1.98. The van der Waals surface area contributed by atoms with Gasteiger partial charge in [0.1, 0.15) is 5.76 Å². The summed E-state index contributed by atoms with van der Waals surface area (Å²) in [6.07, 6.45) is 5.67. The quantitative estimate of drug-likeness (QED) is 0.770. The lowest BCUT2D eigenvalue weighted by atomic mass is 9.74. The molecule has 0 unspecified atom stereocenters. The lowest BCUT2D eigenvalue weighted by Crippen LogP contribution is -2.47. The maximum atomic E-state index is 11.7. The molecule has 20 heavy (non-hydrogen) atoms. The molecule has 0 radical (unpaired) electrons. The van der Waals surface area contributed by atoms with Gasteiger partial charge < -0.3 is 20.2 Å². The van der Waals surface area contributed by atoms with Gasteiger partial charge >= 0.3 is 12.0 Å². The number of carboxylic acids is 1. The van der Waals surface area contributed by atoms with E-state index in [0.717, 1.165) is 19.3 Å². The lowest BCUT2D eigenvalue weighted by Gasteiger charge is -2.33. The van der Waals surface area contributed by atoms with E-state index in [1.165, 1.54) is 6.26 Å². The minimum atomic E-state index is -0.816. The van der Waals surface area contributed by atoms with E-state index in [2.05, 4.69) is 10.6 Å². The summed E-state index contributed by atoms with van der Waals surface area (Å²) in [6, 6.07) is 3.14. The normalized spacial score (nSPS) is 17.4. The number of carbonyl (C=O) groups is 2. The fraction of sp³-hybridized carbons (Fsp3) is 0.571. The fourth-order valence-corrected chi connectivity index (χ4v) is 2.59. The number of carboxylic acid groups (broad SMARTS) is 1. The van der Waals surface area contributed by atoms with Gasteiger partial charge in [0, 0.05) is 6.54 Å². The number of nitrogens with one attached hydrogen (secondary N) is 2. The van der Waals surface area contributed by atoms with Crippen LogP contribution in [0.15, 0.2) is 22.8 Å². The lowest BCUT2D eigenvalue weighted by molar-refractivity contribution is -0.150. The molecule has 0 spiro atoms. The summed E-state index contributed by atoms with van der Waals surface area (Å²) in [4.78, 5) is 23.1. The molecule has 1 saturated carbocycles. The van der Waals surface area contributed by atoms with E-state index in [0.29, 0.717) is 25.1 Å². The highest BCUT2D eigenvalue weighted by molar-refractivity contribution is 5.78. The first kappa shape index (κ1) is 14.4. The molecule has 2 amide bonds. The molecule has 1 aliphatic rings. The molecule has 1 fully saturated rings. The zero-order valence-electron chi connectivity index (χ0n) is 11.4. The highest BCUT2D eigenvalue weighted by atomic mass is 16.4. The Morgan fingerprint density at radius 3 is 2.60 bits per heavy atom. The van der Waals surface area contributed by atoms with Crippen LogP contribution in [0.25, 0.3) is 0 Å². The Bertz CT molecular complexity index is 450. The molecule has 0 atom stereocenters. The summed E-state index contributed by atoms with van der Waals surface area (Å²) in [7, 11) is 0. The Morgan fingerprint density at radius 2 is 2.00 bits per heavy atom. The third-order valence-electron chi connectivity index (χ3n) is 3.85. The van der Waals surface area contributed by atoms with Crippen LogP contribution in [0.4, 0.5) is 4.79 Å². The van der Waals surface area contributed by atoms with Crippen molar-refractivity contribution in [1.29, 1.82) is 0 Å². The summed E-state index contributed by atoms with van der Waals surface area (Å²) < 4.78 is 5.10. The number of carbonyl (C=O) groups excluding carboxylic acids is 1. The third-order valence-corrected chi connectivity index (χ3v) is 3.85. The van der Waals surface area contributed by atoms with Gasteiger partial charge in [0.15, 0.2) is 0 Å². The summed E-state index contributed by atoms with van der Waals surface area (Å²) in [5, 5.41) is 14.7. The van der Waals surface area contributed by atoms with E-state index in [-0.39, 0.29) is 12.6 Å².